The molecule has 0 aliphatic heterocycles. The Labute approximate surface area is 108 Å². The van der Waals surface area contributed by atoms with Crippen molar-refractivity contribution in [2.24, 2.45) is 0 Å². The predicted molar refractivity (Wildman–Crippen MR) is 67.1 cm³/mol. The van der Waals surface area contributed by atoms with Crippen LogP contribution in [-0.4, -0.2) is 47.3 Å². The topological polar surface area (TPSA) is 101 Å². The number of sulfonamides is 1. The molecule has 0 fully saturated rings. The Hall–Kier alpha value is -1.45. The van der Waals surface area contributed by atoms with Crippen LogP contribution in [0, 0.1) is 0 Å². The van der Waals surface area contributed by atoms with Gasteiger partial charge in [-0.1, -0.05) is 11.6 Å². The predicted octanol–water partition coefficient (Wildman–Crippen LogP) is -0.261. The molecule has 0 aliphatic carbocycles. The largest absolute Gasteiger partial charge is 0.368 e. The summed E-state index contributed by atoms with van der Waals surface area (Å²) in [6, 6.07) is 1.59. The molecule has 0 atom stereocenters. The second-order valence-electron chi connectivity index (χ2n) is 3.53. The monoisotopic (exact) mass is 290 g/mol. The number of fused-ring (bicyclic) bond motifs is 1. The van der Waals surface area contributed by atoms with Gasteiger partial charge in [0.15, 0.2) is 0 Å². The molecular weight excluding hydrogens is 280 g/mol. The number of aromatic nitrogens is 4. The number of halogens is 1. The van der Waals surface area contributed by atoms with Crippen LogP contribution < -0.4 is 10.0 Å². The Morgan fingerprint density at radius 1 is 1.44 bits per heavy atom. The maximum absolute atomic E-state index is 10.9. The van der Waals surface area contributed by atoms with Crippen LogP contribution in [0.1, 0.15) is 0 Å². The molecule has 18 heavy (non-hydrogen) atoms. The maximum Gasteiger partial charge on any atom is 0.255 e. The lowest BCUT2D eigenvalue weighted by Gasteiger charge is -2.08. The highest BCUT2D eigenvalue weighted by Crippen LogP contribution is 2.13. The Morgan fingerprint density at radius 2 is 2.22 bits per heavy atom. The molecule has 2 aromatic rings. The minimum atomic E-state index is -3.18. The Morgan fingerprint density at radius 3 is 2.94 bits per heavy atom. The fraction of sp³-hybridized carbons (Fsp3) is 0.375. The summed E-state index contributed by atoms with van der Waals surface area (Å²) < 4.78 is 25.6. The summed E-state index contributed by atoms with van der Waals surface area (Å²) in [6.07, 6.45) is 2.46. The van der Waals surface area contributed by atoms with E-state index in [0.717, 1.165) is 6.26 Å². The second-order valence-corrected chi connectivity index (χ2v) is 5.75. The molecule has 0 bridgehead atoms. The minimum absolute atomic E-state index is 0.259. The molecule has 0 spiro atoms. The standard InChI is InChI=1S/C8H11ClN6O2S/c1-18(16,17)13-3-2-10-7-4-6(9)14-8-11-5-12-15(7)8/h4-5,10,13H,2-3H2,1H3. The molecule has 0 aliphatic rings. The van der Waals surface area contributed by atoms with Crippen LogP contribution in [0.25, 0.3) is 5.78 Å². The number of rotatable bonds is 5. The van der Waals surface area contributed by atoms with Gasteiger partial charge in [-0.3, -0.25) is 0 Å². The Balaban J connectivity index is 2.05. The van der Waals surface area contributed by atoms with Gasteiger partial charge in [0.2, 0.25) is 10.0 Å². The van der Waals surface area contributed by atoms with Gasteiger partial charge in [-0.2, -0.15) is 19.6 Å². The van der Waals surface area contributed by atoms with E-state index < -0.39 is 10.0 Å². The Kier molecular flexibility index (Phi) is 3.64. The third-order valence-electron chi connectivity index (χ3n) is 2.02. The van der Waals surface area contributed by atoms with Crippen LogP contribution in [0.5, 0.6) is 0 Å². The molecule has 2 rings (SSSR count). The molecule has 2 heterocycles. The van der Waals surface area contributed by atoms with Crippen LogP contribution >= 0.6 is 11.6 Å². The van der Waals surface area contributed by atoms with Crippen molar-refractivity contribution >= 4 is 33.2 Å². The van der Waals surface area contributed by atoms with E-state index in [1.54, 1.807) is 6.07 Å². The lowest BCUT2D eigenvalue weighted by molar-refractivity contribution is 0.589. The van der Waals surface area contributed by atoms with E-state index in [1.807, 2.05) is 0 Å². The molecule has 10 heteroatoms. The van der Waals surface area contributed by atoms with Gasteiger partial charge in [0, 0.05) is 19.2 Å². The molecule has 0 aromatic carbocycles. The van der Waals surface area contributed by atoms with Crippen molar-refractivity contribution in [1.29, 1.82) is 0 Å². The average molecular weight is 291 g/mol. The average Bonchev–Trinajstić information content (AvgIpc) is 2.70. The maximum atomic E-state index is 10.9. The van der Waals surface area contributed by atoms with E-state index in [-0.39, 0.29) is 11.7 Å². The van der Waals surface area contributed by atoms with Crippen molar-refractivity contribution < 1.29 is 8.42 Å². The van der Waals surface area contributed by atoms with Gasteiger partial charge in [0.1, 0.15) is 17.3 Å². The SMILES string of the molecule is CS(=O)(=O)NCCNc1cc(Cl)nc2ncnn12. The molecule has 0 amide bonds. The number of hydrogen-bond donors (Lipinski definition) is 2. The van der Waals surface area contributed by atoms with E-state index in [4.69, 9.17) is 11.6 Å². The molecule has 8 nitrogen and oxygen atoms in total. The van der Waals surface area contributed by atoms with E-state index in [1.165, 1.54) is 10.8 Å². The molecular formula is C8H11ClN6O2S. The first kappa shape index (κ1) is 13.0. The van der Waals surface area contributed by atoms with Gasteiger partial charge in [-0.15, -0.1) is 0 Å². The zero-order valence-corrected chi connectivity index (χ0v) is 11.0. The summed E-state index contributed by atoms with van der Waals surface area (Å²) in [5.74, 6) is 0.971. The summed E-state index contributed by atoms with van der Waals surface area (Å²) in [5.41, 5.74) is 0. The number of nitrogens with one attached hydrogen (secondary N) is 2. The summed E-state index contributed by atoms with van der Waals surface area (Å²) in [4.78, 5) is 7.88. The van der Waals surface area contributed by atoms with Gasteiger partial charge in [0.25, 0.3) is 5.78 Å². The van der Waals surface area contributed by atoms with Gasteiger partial charge in [0.05, 0.1) is 6.26 Å². The summed E-state index contributed by atoms with van der Waals surface area (Å²) in [6.45, 7) is 0.650. The number of nitrogens with zero attached hydrogens (tertiary/aromatic N) is 4. The normalized spacial score (nSPS) is 11.9. The smallest absolute Gasteiger partial charge is 0.255 e. The van der Waals surface area contributed by atoms with Gasteiger partial charge in [-0.25, -0.2) is 13.1 Å². The van der Waals surface area contributed by atoms with Gasteiger partial charge in [-0.05, 0) is 0 Å². The first-order valence-electron chi connectivity index (χ1n) is 5.00. The highest BCUT2D eigenvalue weighted by atomic mass is 35.5. The third kappa shape index (κ3) is 3.28. The quantitative estimate of drug-likeness (QED) is 0.581. The van der Waals surface area contributed by atoms with Crippen molar-refractivity contribution in [3.05, 3.63) is 17.5 Å². The van der Waals surface area contributed by atoms with Crippen molar-refractivity contribution in [2.75, 3.05) is 24.7 Å². The molecule has 2 N–H and O–H groups in total. The highest BCUT2D eigenvalue weighted by molar-refractivity contribution is 7.88. The van der Waals surface area contributed by atoms with E-state index in [0.29, 0.717) is 18.1 Å². The summed E-state index contributed by atoms with van der Waals surface area (Å²) >= 11 is 5.82. The van der Waals surface area contributed by atoms with Crippen LogP contribution in [0.15, 0.2) is 12.4 Å². The molecule has 2 aromatic heterocycles. The van der Waals surface area contributed by atoms with Gasteiger partial charge >= 0.3 is 0 Å². The van der Waals surface area contributed by atoms with E-state index >= 15 is 0 Å². The van der Waals surface area contributed by atoms with E-state index in [2.05, 4.69) is 25.1 Å². The van der Waals surface area contributed by atoms with E-state index in [9.17, 15) is 8.42 Å². The van der Waals surface area contributed by atoms with Crippen molar-refractivity contribution in [3.8, 4) is 0 Å². The molecule has 0 saturated carbocycles. The molecule has 0 unspecified atom stereocenters. The minimum Gasteiger partial charge on any atom is -0.368 e. The van der Waals surface area contributed by atoms with Crippen molar-refractivity contribution in [3.63, 3.8) is 0 Å². The lowest BCUT2D eigenvalue weighted by Crippen LogP contribution is -2.28. The Bertz CT molecular complexity index is 655. The van der Waals surface area contributed by atoms with Crippen LogP contribution in [0.3, 0.4) is 0 Å². The zero-order chi connectivity index (χ0) is 13.2. The zero-order valence-electron chi connectivity index (χ0n) is 9.46. The molecule has 0 radical (unpaired) electrons. The fourth-order valence-electron chi connectivity index (χ4n) is 1.34. The number of anilines is 1. The lowest BCUT2D eigenvalue weighted by atomic mass is 10.5. The molecule has 98 valence electrons. The van der Waals surface area contributed by atoms with Crippen LogP contribution in [-0.2, 0) is 10.0 Å². The van der Waals surface area contributed by atoms with Crippen molar-refractivity contribution in [1.82, 2.24) is 24.3 Å². The first-order chi connectivity index (χ1) is 8.46. The summed E-state index contributed by atoms with van der Waals surface area (Å²) in [7, 11) is -3.18. The second kappa shape index (κ2) is 5.04. The summed E-state index contributed by atoms with van der Waals surface area (Å²) in [5, 5.41) is 7.25. The van der Waals surface area contributed by atoms with Crippen LogP contribution in [0.2, 0.25) is 5.15 Å². The number of hydrogen-bond acceptors (Lipinski definition) is 6. The first-order valence-corrected chi connectivity index (χ1v) is 7.27. The molecule has 0 saturated heterocycles. The fourth-order valence-corrected chi connectivity index (χ4v) is 1.99. The van der Waals surface area contributed by atoms with Crippen molar-refractivity contribution in [2.45, 2.75) is 0 Å². The third-order valence-corrected chi connectivity index (χ3v) is 2.94. The highest BCUT2D eigenvalue weighted by Gasteiger charge is 2.06. The van der Waals surface area contributed by atoms with Gasteiger partial charge < -0.3 is 5.32 Å². The van der Waals surface area contributed by atoms with Crippen LogP contribution in [0.4, 0.5) is 5.82 Å².